The van der Waals surface area contributed by atoms with Gasteiger partial charge in [0, 0.05) is 5.02 Å². The van der Waals surface area contributed by atoms with E-state index in [4.69, 9.17) is 16.7 Å². The van der Waals surface area contributed by atoms with Crippen molar-refractivity contribution >= 4 is 39.5 Å². The Morgan fingerprint density at radius 1 is 1.43 bits per heavy atom. The van der Waals surface area contributed by atoms with Crippen molar-refractivity contribution in [1.29, 1.82) is 0 Å². The van der Waals surface area contributed by atoms with Crippen LogP contribution in [0.5, 0.6) is 0 Å². The Morgan fingerprint density at radius 3 is 2.81 bits per heavy atom. The molecule has 0 spiro atoms. The normalized spacial score (nSPS) is 11.3. The van der Waals surface area contributed by atoms with Gasteiger partial charge in [0.25, 0.3) is 0 Å². The van der Waals surface area contributed by atoms with Gasteiger partial charge in [-0.25, -0.2) is 4.68 Å². The fourth-order valence-electron chi connectivity index (χ4n) is 2.41. The predicted molar refractivity (Wildman–Crippen MR) is 76.1 cm³/mol. The quantitative estimate of drug-likeness (QED) is 0.701. The van der Waals surface area contributed by atoms with Gasteiger partial charge >= 0.3 is 5.97 Å². The number of hydrogen-bond acceptors (Lipinski definition) is 4. The minimum absolute atomic E-state index is 0.0507. The predicted octanol–water partition coefficient (Wildman–Crippen LogP) is 1.63. The number of nitrogens with zero attached hydrogens (tertiary/aromatic N) is 3. The van der Waals surface area contributed by atoms with E-state index < -0.39 is 12.5 Å². The number of aryl methyl sites for hydroxylation is 1. The molecule has 2 N–H and O–H groups in total. The molecule has 0 fully saturated rings. The van der Waals surface area contributed by atoms with Gasteiger partial charge in [-0.2, -0.15) is 9.83 Å². The third-order valence-corrected chi connectivity index (χ3v) is 3.48. The number of hydrogen-bond donors (Lipinski definition) is 2. The lowest BCUT2D eigenvalue weighted by Gasteiger charge is -2.08. The molecule has 0 bridgehead atoms. The van der Waals surface area contributed by atoms with Crippen LogP contribution in [0.3, 0.4) is 0 Å². The molecule has 3 aromatic rings. The average molecular weight is 308 g/mol. The van der Waals surface area contributed by atoms with Gasteiger partial charge in [0.2, 0.25) is 5.43 Å². The van der Waals surface area contributed by atoms with Gasteiger partial charge < -0.3 is 10.3 Å². The fraction of sp³-hybridized carbons (Fsp3) is 0.154. The third-order valence-electron chi connectivity index (χ3n) is 3.24. The van der Waals surface area contributed by atoms with Crippen LogP contribution in [0.4, 0.5) is 0 Å². The van der Waals surface area contributed by atoms with Crippen molar-refractivity contribution in [3.8, 4) is 0 Å². The van der Waals surface area contributed by atoms with Gasteiger partial charge in [0.1, 0.15) is 6.54 Å². The van der Waals surface area contributed by atoms with Gasteiger partial charge in [-0.3, -0.25) is 9.59 Å². The van der Waals surface area contributed by atoms with Crippen LogP contribution in [0.15, 0.2) is 23.0 Å². The summed E-state index contributed by atoms with van der Waals surface area (Å²) in [6.45, 7) is 1.13. The Hall–Kier alpha value is -2.54. The summed E-state index contributed by atoms with van der Waals surface area (Å²) in [6.07, 6.45) is 0. The summed E-state index contributed by atoms with van der Waals surface area (Å²) < 4.78 is 1.85. The first-order valence-electron chi connectivity index (χ1n) is 6.02. The van der Waals surface area contributed by atoms with E-state index in [1.165, 1.54) is 18.2 Å². The second-order valence-corrected chi connectivity index (χ2v) is 5.07. The molecule has 2 heterocycles. The molecular weight excluding hydrogens is 298 g/mol. The minimum atomic E-state index is -1.12. The Morgan fingerprint density at radius 2 is 2.14 bits per heavy atom. The number of carbonyl (C=O) groups is 1. The second-order valence-electron chi connectivity index (χ2n) is 4.64. The summed E-state index contributed by atoms with van der Waals surface area (Å²) in [4.78, 5) is 23.4. The molecule has 2 aromatic heterocycles. The topological polar surface area (TPSA) is 97.4 Å². The van der Waals surface area contributed by atoms with E-state index in [-0.39, 0.29) is 27.4 Å². The fourth-order valence-corrected chi connectivity index (χ4v) is 2.58. The highest BCUT2D eigenvalue weighted by Crippen LogP contribution is 2.22. The van der Waals surface area contributed by atoms with Crippen LogP contribution in [0.25, 0.3) is 21.9 Å². The molecule has 0 aliphatic heterocycles. The van der Waals surface area contributed by atoms with Crippen molar-refractivity contribution in [3.05, 3.63) is 39.1 Å². The molecule has 3 rings (SSSR count). The van der Waals surface area contributed by atoms with Gasteiger partial charge in [-0.1, -0.05) is 11.6 Å². The molecule has 0 amide bonds. The molecule has 7 nitrogen and oxygen atoms in total. The molecule has 0 aliphatic rings. The van der Waals surface area contributed by atoms with Crippen LogP contribution < -0.4 is 5.43 Å². The number of fused-ring (bicyclic) bond motifs is 2. The van der Waals surface area contributed by atoms with Gasteiger partial charge in [-0.15, -0.1) is 0 Å². The number of carboxylic acid groups (broad SMARTS) is 1. The molecule has 0 saturated heterocycles. The second kappa shape index (κ2) is 4.49. The van der Waals surface area contributed by atoms with E-state index in [1.54, 1.807) is 6.92 Å². The molecule has 0 unspecified atom stereocenters. The van der Waals surface area contributed by atoms with E-state index in [9.17, 15) is 14.8 Å². The van der Waals surface area contributed by atoms with E-state index in [0.29, 0.717) is 10.7 Å². The van der Waals surface area contributed by atoms with E-state index in [1.807, 2.05) is 0 Å². The maximum absolute atomic E-state index is 12.5. The molecule has 0 saturated carbocycles. The average Bonchev–Trinajstić information content (AvgIpc) is 2.72. The minimum Gasteiger partial charge on any atom is -0.480 e. The first-order valence-corrected chi connectivity index (χ1v) is 6.40. The maximum Gasteiger partial charge on any atom is 0.325 e. The Balaban J connectivity index is 2.54. The summed E-state index contributed by atoms with van der Waals surface area (Å²) in [7, 11) is 0. The van der Waals surface area contributed by atoms with E-state index in [0.717, 1.165) is 9.41 Å². The Kier molecular flexibility index (Phi) is 2.87. The number of rotatable bonds is 2. The zero-order valence-electron chi connectivity index (χ0n) is 10.9. The standard InChI is InChI=1S/C13H10ClN3O4/c1-6-11-12(20)8-4-7(14)2-3-9(8)17(21)13(11)16(15-6)5-10(18)19/h2-4,21H,5H2,1H3,(H,18,19). The van der Waals surface area contributed by atoms with Gasteiger partial charge in [0.15, 0.2) is 5.65 Å². The lowest BCUT2D eigenvalue weighted by molar-refractivity contribution is -0.137. The largest absolute Gasteiger partial charge is 0.480 e. The summed E-state index contributed by atoms with van der Waals surface area (Å²) in [5, 5.41) is 24.0. The zero-order valence-corrected chi connectivity index (χ0v) is 11.6. The van der Waals surface area contributed by atoms with Crippen LogP contribution in [0.2, 0.25) is 5.02 Å². The molecule has 1 aromatic carbocycles. The Labute approximate surface area is 122 Å². The van der Waals surface area contributed by atoms with Gasteiger partial charge in [0.05, 0.1) is 22.0 Å². The summed E-state index contributed by atoms with van der Waals surface area (Å²) in [6, 6.07) is 4.48. The first-order chi connectivity index (χ1) is 9.90. The number of aromatic nitrogens is 3. The van der Waals surface area contributed by atoms with Crippen LogP contribution >= 0.6 is 11.6 Å². The first kappa shape index (κ1) is 13.4. The molecule has 0 radical (unpaired) electrons. The Bertz CT molecular complexity index is 958. The zero-order chi connectivity index (χ0) is 15.3. The molecule has 8 heteroatoms. The van der Waals surface area contributed by atoms with Crippen LogP contribution in [0.1, 0.15) is 5.69 Å². The van der Waals surface area contributed by atoms with Crippen molar-refractivity contribution in [2.45, 2.75) is 13.5 Å². The van der Waals surface area contributed by atoms with E-state index >= 15 is 0 Å². The number of halogens is 1. The van der Waals surface area contributed by atoms with Crippen molar-refractivity contribution in [2.24, 2.45) is 0 Å². The third kappa shape index (κ3) is 1.93. The molecular formula is C13H10ClN3O4. The lowest BCUT2D eigenvalue weighted by atomic mass is 10.1. The van der Waals surface area contributed by atoms with Crippen LogP contribution in [-0.2, 0) is 11.3 Å². The van der Waals surface area contributed by atoms with Crippen molar-refractivity contribution in [3.63, 3.8) is 0 Å². The summed E-state index contributed by atoms with van der Waals surface area (Å²) >= 11 is 5.88. The molecule has 0 atom stereocenters. The van der Waals surface area contributed by atoms with Crippen molar-refractivity contribution in [1.82, 2.24) is 14.5 Å². The van der Waals surface area contributed by atoms with Gasteiger partial charge in [-0.05, 0) is 25.1 Å². The number of pyridine rings is 1. The lowest BCUT2D eigenvalue weighted by Crippen LogP contribution is -2.15. The molecule has 108 valence electrons. The molecule has 0 aliphatic carbocycles. The monoisotopic (exact) mass is 307 g/mol. The SMILES string of the molecule is Cc1nn(CC(=O)O)c2c1c(=O)c1cc(Cl)ccc1n2O. The summed E-state index contributed by atoms with van der Waals surface area (Å²) in [5.74, 6) is -1.12. The maximum atomic E-state index is 12.5. The highest BCUT2D eigenvalue weighted by Gasteiger charge is 2.19. The molecule has 21 heavy (non-hydrogen) atoms. The van der Waals surface area contributed by atoms with Crippen LogP contribution in [-0.4, -0.2) is 30.8 Å². The number of carboxylic acids is 1. The van der Waals surface area contributed by atoms with E-state index in [2.05, 4.69) is 5.10 Å². The van der Waals surface area contributed by atoms with Crippen molar-refractivity contribution in [2.75, 3.05) is 0 Å². The highest BCUT2D eigenvalue weighted by atomic mass is 35.5. The number of benzene rings is 1. The summed E-state index contributed by atoms with van der Waals surface area (Å²) in [5.41, 5.74) is 0.293. The number of aliphatic carboxylic acids is 1. The highest BCUT2D eigenvalue weighted by molar-refractivity contribution is 6.31. The van der Waals surface area contributed by atoms with Crippen LogP contribution in [0, 0.1) is 6.92 Å². The van der Waals surface area contributed by atoms with Crippen molar-refractivity contribution < 1.29 is 15.1 Å². The smallest absolute Gasteiger partial charge is 0.325 e.